The van der Waals surface area contributed by atoms with Crippen LogP contribution in [0.2, 0.25) is 0 Å². The zero-order valence-electron chi connectivity index (χ0n) is 13.1. The predicted octanol–water partition coefficient (Wildman–Crippen LogP) is 3.90. The molecule has 0 spiro atoms. The minimum atomic E-state index is 0.270. The van der Waals surface area contributed by atoms with E-state index in [2.05, 4.69) is 35.9 Å². The number of aryl methyl sites for hydroxylation is 1. The van der Waals surface area contributed by atoms with E-state index in [9.17, 15) is 0 Å². The molecule has 3 heteroatoms. The summed E-state index contributed by atoms with van der Waals surface area (Å²) in [5, 5.41) is 6.20. The molecule has 0 atom stereocenters. The molecule has 3 rings (SSSR count). The molecule has 2 N–H and O–H groups in total. The summed E-state index contributed by atoms with van der Waals surface area (Å²) in [7, 11) is 0. The highest BCUT2D eigenvalue weighted by atomic mass is 15.3. The Morgan fingerprint density at radius 2 is 1.86 bits per heavy atom. The topological polar surface area (TPSA) is 43.8 Å². The molecule has 0 aliphatic heterocycles. The first-order valence-electron chi connectivity index (χ1n) is 8.42. The summed E-state index contributed by atoms with van der Waals surface area (Å²) in [5.74, 6) is 0. The van der Waals surface area contributed by atoms with Crippen LogP contribution in [0.5, 0.6) is 0 Å². The SMILES string of the molecule is CCn1nc(CC2(CN)CCCCCC2)c2ccccc21. The van der Waals surface area contributed by atoms with Crippen LogP contribution in [0.15, 0.2) is 24.3 Å². The van der Waals surface area contributed by atoms with Crippen molar-refractivity contribution in [2.45, 2.75) is 58.4 Å². The summed E-state index contributed by atoms with van der Waals surface area (Å²) in [6.45, 7) is 3.88. The average molecular weight is 285 g/mol. The third kappa shape index (κ3) is 2.84. The van der Waals surface area contributed by atoms with E-state index >= 15 is 0 Å². The first kappa shape index (κ1) is 14.6. The standard InChI is InChI=1S/C18H27N3/c1-2-21-17-10-6-5-9-15(17)16(20-21)13-18(14-19)11-7-3-4-8-12-18/h5-6,9-10H,2-4,7-8,11-14,19H2,1H3. The van der Waals surface area contributed by atoms with Gasteiger partial charge in [0.05, 0.1) is 11.2 Å². The smallest absolute Gasteiger partial charge is 0.0709 e. The molecule has 1 aliphatic carbocycles. The zero-order valence-corrected chi connectivity index (χ0v) is 13.1. The molecule has 3 nitrogen and oxygen atoms in total. The van der Waals surface area contributed by atoms with Gasteiger partial charge in [0.1, 0.15) is 0 Å². The third-order valence-corrected chi connectivity index (χ3v) is 5.17. The van der Waals surface area contributed by atoms with Crippen LogP contribution in [0.4, 0.5) is 0 Å². The van der Waals surface area contributed by atoms with Crippen LogP contribution in [-0.2, 0) is 13.0 Å². The van der Waals surface area contributed by atoms with E-state index in [0.29, 0.717) is 0 Å². The summed E-state index contributed by atoms with van der Waals surface area (Å²) in [6, 6.07) is 8.61. The van der Waals surface area contributed by atoms with Crippen molar-refractivity contribution < 1.29 is 0 Å². The summed E-state index contributed by atoms with van der Waals surface area (Å²) < 4.78 is 2.13. The van der Waals surface area contributed by atoms with Gasteiger partial charge in [-0.25, -0.2) is 0 Å². The number of hydrogen-bond acceptors (Lipinski definition) is 2. The largest absolute Gasteiger partial charge is 0.330 e. The van der Waals surface area contributed by atoms with Crippen molar-refractivity contribution >= 4 is 10.9 Å². The van der Waals surface area contributed by atoms with E-state index in [0.717, 1.165) is 19.5 Å². The van der Waals surface area contributed by atoms with E-state index in [4.69, 9.17) is 10.8 Å². The molecule has 2 aromatic rings. The number of fused-ring (bicyclic) bond motifs is 1. The average Bonchev–Trinajstić information content (AvgIpc) is 2.71. The van der Waals surface area contributed by atoms with Gasteiger partial charge in [-0.2, -0.15) is 5.10 Å². The highest BCUT2D eigenvalue weighted by Gasteiger charge is 2.31. The maximum absolute atomic E-state index is 6.20. The van der Waals surface area contributed by atoms with Crippen molar-refractivity contribution in [3.63, 3.8) is 0 Å². The fourth-order valence-corrected chi connectivity index (χ4v) is 3.85. The fraction of sp³-hybridized carbons (Fsp3) is 0.611. The minimum Gasteiger partial charge on any atom is -0.330 e. The lowest BCUT2D eigenvalue weighted by Gasteiger charge is -2.30. The summed E-state index contributed by atoms with van der Waals surface area (Å²) in [5.41, 5.74) is 8.98. The minimum absolute atomic E-state index is 0.270. The second kappa shape index (κ2) is 6.18. The lowest BCUT2D eigenvalue weighted by molar-refractivity contribution is 0.250. The molecule has 1 saturated carbocycles. The molecule has 1 heterocycles. The molecule has 1 aliphatic rings. The predicted molar refractivity (Wildman–Crippen MR) is 88.3 cm³/mol. The number of para-hydroxylation sites is 1. The first-order valence-corrected chi connectivity index (χ1v) is 8.42. The molecule has 0 radical (unpaired) electrons. The molecule has 0 unspecified atom stereocenters. The van der Waals surface area contributed by atoms with Crippen LogP contribution < -0.4 is 5.73 Å². The normalized spacial score (nSPS) is 18.8. The third-order valence-electron chi connectivity index (χ3n) is 5.17. The van der Waals surface area contributed by atoms with Gasteiger partial charge < -0.3 is 5.73 Å². The molecule has 114 valence electrons. The fourth-order valence-electron chi connectivity index (χ4n) is 3.85. The monoisotopic (exact) mass is 285 g/mol. The highest BCUT2D eigenvalue weighted by Crippen LogP contribution is 2.38. The van der Waals surface area contributed by atoms with E-state index < -0.39 is 0 Å². The maximum atomic E-state index is 6.20. The first-order chi connectivity index (χ1) is 10.3. The Labute approximate surface area is 127 Å². The number of rotatable bonds is 4. The molecule has 1 fully saturated rings. The van der Waals surface area contributed by atoms with Crippen LogP contribution in [0, 0.1) is 5.41 Å². The number of hydrogen-bond donors (Lipinski definition) is 1. The van der Waals surface area contributed by atoms with Crippen molar-refractivity contribution in [1.29, 1.82) is 0 Å². The van der Waals surface area contributed by atoms with E-state index in [1.54, 1.807) is 0 Å². The second-order valence-corrected chi connectivity index (χ2v) is 6.57. The number of benzene rings is 1. The van der Waals surface area contributed by atoms with Crippen LogP contribution in [0.25, 0.3) is 10.9 Å². The van der Waals surface area contributed by atoms with E-state index in [1.165, 1.54) is 55.1 Å². The summed E-state index contributed by atoms with van der Waals surface area (Å²) in [4.78, 5) is 0. The van der Waals surface area contributed by atoms with Crippen molar-refractivity contribution in [3.05, 3.63) is 30.0 Å². The van der Waals surface area contributed by atoms with E-state index in [-0.39, 0.29) is 5.41 Å². The van der Waals surface area contributed by atoms with Gasteiger partial charge in [0, 0.05) is 11.9 Å². The lowest BCUT2D eigenvalue weighted by Crippen LogP contribution is -2.32. The van der Waals surface area contributed by atoms with Gasteiger partial charge in [-0.3, -0.25) is 4.68 Å². The Hall–Kier alpha value is -1.35. The number of aromatic nitrogens is 2. The molecular weight excluding hydrogens is 258 g/mol. The van der Waals surface area contributed by atoms with Gasteiger partial charge in [0.25, 0.3) is 0 Å². The summed E-state index contributed by atoms with van der Waals surface area (Å²) >= 11 is 0. The Bertz CT molecular complexity index is 592. The van der Waals surface area contributed by atoms with Crippen molar-refractivity contribution in [1.82, 2.24) is 9.78 Å². The van der Waals surface area contributed by atoms with Crippen molar-refractivity contribution in [3.8, 4) is 0 Å². The van der Waals surface area contributed by atoms with Crippen molar-refractivity contribution in [2.24, 2.45) is 11.1 Å². The van der Waals surface area contributed by atoms with Gasteiger partial charge in [-0.15, -0.1) is 0 Å². The quantitative estimate of drug-likeness (QED) is 0.866. The molecular formula is C18H27N3. The molecule has 21 heavy (non-hydrogen) atoms. The molecule has 0 amide bonds. The van der Waals surface area contributed by atoms with Crippen LogP contribution in [0.1, 0.15) is 51.1 Å². The molecule has 0 bridgehead atoms. The Kier molecular flexibility index (Phi) is 4.29. The zero-order chi connectivity index (χ0) is 14.7. The lowest BCUT2D eigenvalue weighted by atomic mass is 9.76. The Morgan fingerprint density at radius 1 is 1.14 bits per heavy atom. The van der Waals surface area contributed by atoms with Crippen LogP contribution >= 0.6 is 0 Å². The summed E-state index contributed by atoms with van der Waals surface area (Å²) in [6.07, 6.45) is 8.94. The van der Waals surface area contributed by atoms with Crippen LogP contribution in [0.3, 0.4) is 0 Å². The second-order valence-electron chi connectivity index (χ2n) is 6.57. The van der Waals surface area contributed by atoms with Crippen molar-refractivity contribution in [2.75, 3.05) is 6.54 Å². The Balaban J connectivity index is 1.96. The molecule has 1 aromatic carbocycles. The number of nitrogens with zero attached hydrogens (tertiary/aromatic N) is 2. The number of nitrogens with two attached hydrogens (primary N) is 1. The maximum Gasteiger partial charge on any atom is 0.0709 e. The van der Waals surface area contributed by atoms with Gasteiger partial charge >= 0.3 is 0 Å². The van der Waals surface area contributed by atoms with Gasteiger partial charge in [0.2, 0.25) is 0 Å². The molecule has 1 aromatic heterocycles. The van der Waals surface area contributed by atoms with Crippen LogP contribution in [-0.4, -0.2) is 16.3 Å². The Morgan fingerprint density at radius 3 is 2.52 bits per heavy atom. The van der Waals surface area contributed by atoms with Gasteiger partial charge in [0.15, 0.2) is 0 Å². The van der Waals surface area contributed by atoms with Gasteiger partial charge in [-0.05, 0) is 44.2 Å². The van der Waals surface area contributed by atoms with E-state index in [1.807, 2.05) is 0 Å². The van der Waals surface area contributed by atoms with Gasteiger partial charge in [-0.1, -0.05) is 43.9 Å². The molecule has 0 saturated heterocycles. The highest BCUT2D eigenvalue weighted by molar-refractivity contribution is 5.82.